The fraction of sp³-hybridized carbons (Fsp3) is 0.143. The van der Waals surface area contributed by atoms with Crippen molar-refractivity contribution in [3.63, 3.8) is 0 Å². The van der Waals surface area contributed by atoms with Crippen LogP contribution in [-0.2, 0) is 26.8 Å². The van der Waals surface area contributed by atoms with Crippen LogP contribution < -0.4 is 11.5 Å². The van der Waals surface area contributed by atoms with Crippen LogP contribution in [0.15, 0.2) is 21.9 Å². The van der Waals surface area contributed by atoms with Crippen LogP contribution in [0.5, 0.6) is 0 Å². The highest BCUT2D eigenvalue weighted by atomic mass is 32.2. The molecular formula is C7H10N2O6S2. The molecule has 0 fully saturated rings. The fourth-order valence-corrected chi connectivity index (χ4v) is 2.69. The summed E-state index contributed by atoms with van der Waals surface area (Å²) in [7, 11) is -9.15. The lowest BCUT2D eigenvalue weighted by molar-refractivity contribution is 0.478. The minimum atomic E-state index is -4.59. The Hall–Kier alpha value is -1.20. The maximum Gasteiger partial charge on any atom is 0.296 e. The summed E-state index contributed by atoms with van der Waals surface area (Å²) in [6.07, 6.45) is 0. The zero-order valence-corrected chi connectivity index (χ0v) is 9.99. The van der Waals surface area contributed by atoms with Gasteiger partial charge in [-0.1, -0.05) is 0 Å². The van der Waals surface area contributed by atoms with E-state index in [0.29, 0.717) is 0 Å². The van der Waals surface area contributed by atoms with Crippen molar-refractivity contribution in [2.75, 3.05) is 5.73 Å². The van der Waals surface area contributed by atoms with E-state index in [0.717, 1.165) is 12.1 Å². The lowest BCUT2D eigenvalue weighted by Gasteiger charge is -2.11. The molecule has 1 aromatic carbocycles. The van der Waals surface area contributed by atoms with Crippen molar-refractivity contribution in [3.05, 3.63) is 17.7 Å². The third kappa shape index (κ3) is 2.73. The van der Waals surface area contributed by atoms with Gasteiger partial charge in [-0.25, -0.2) is 0 Å². The van der Waals surface area contributed by atoms with E-state index >= 15 is 0 Å². The Kier molecular flexibility index (Phi) is 3.45. The molecule has 0 bridgehead atoms. The molecule has 0 saturated heterocycles. The Morgan fingerprint density at radius 1 is 1.00 bits per heavy atom. The van der Waals surface area contributed by atoms with Crippen LogP contribution in [0.4, 0.5) is 5.69 Å². The van der Waals surface area contributed by atoms with Gasteiger partial charge in [0.2, 0.25) is 0 Å². The van der Waals surface area contributed by atoms with Crippen LogP contribution in [0.25, 0.3) is 0 Å². The number of benzene rings is 1. The molecule has 0 aromatic heterocycles. The summed E-state index contributed by atoms with van der Waals surface area (Å²) in [6.45, 7) is -0.412. The van der Waals surface area contributed by atoms with E-state index in [4.69, 9.17) is 20.6 Å². The van der Waals surface area contributed by atoms with Crippen molar-refractivity contribution in [2.24, 2.45) is 5.73 Å². The molecule has 0 aliphatic carbocycles. The molecule has 0 aliphatic rings. The van der Waals surface area contributed by atoms with E-state index in [9.17, 15) is 16.8 Å². The lowest BCUT2D eigenvalue weighted by atomic mass is 10.2. The van der Waals surface area contributed by atoms with Gasteiger partial charge in [0.25, 0.3) is 20.2 Å². The number of rotatable bonds is 3. The molecular weight excluding hydrogens is 272 g/mol. The van der Waals surface area contributed by atoms with E-state index in [2.05, 4.69) is 0 Å². The van der Waals surface area contributed by atoms with Gasteiger partial charge in [0.05, 0.1) is 5.69 Å². The molecule has 17 heavy (non-hydrogen) atoms. The van der Waals surface area contributed by atoms with Gasteiger partial charge in [-0.15, -0.1) is 0 Å². The van der Waals surface area contributed by atoms with Gasteiger partial charge in [-0.2, -0.15) is 16.8 Å². The summed E-state index contributed by atoms with van der Waals surface area (Å²) in [5.74, 6) is 0. The summed E-state index contributed by atoms with van der Waals surface area (Å²) in [4.78, 5) is -1.25. The van der Waals surface area contributed by atoms with Crippen molar-refractivity contribution in [1.82, 2.24) is 0 Å². The van der Waals surface area contributed by atoms with Crippen molar-refractivity contribution >= 4 is 25.9 Å². The molecule has 0 saturated carbocycles. The largest absolute Gasteiger partial charge is 0.397 e. The number of nitrogen functional groups attached to an aromatic ring is 1. The second kappa shape index (κ2) is 4.23. The standard InChI is InChI=1S/C7H10N2O6S2/c8-3-4-5(16(10,11)12)1-2-6(7(4)9)17(13,14)15/h1-2H,3,8-9H2,(H,10,11,12)(H,13,14,15). The first kappa shape index (κ1) is 13.9. The molecule has 0 amide bonds. The van der Waals surface area contributed by atoms with Gasteiger partial charge in [-0.05, 0) is 12.1 Å². The maximum atomic E-state index is 11.0. The van der Waals surface area contributed by atoms with Gasteiger partial charge in [0.1, 0.15) is 9.79 Å². The summed E-state index contributed by atoms with van der Waals surface area (Å²) >= 11 is 0. The summed E-state index contributed by atoms with van der Waals surface area (Å²) in [5, 5.41) is 0. The van der Waals surface area contributed by atoms with Gasteiger partial charge < -0.3 is 11.5 Å². The van der Waals surface area contributed by atoms with E-state index in [1.807, 2.05) is 0 Å². The first-order valence-electron chi connectivity index (χ1n) is 4.15. The van der Waals surface area contributed by atoms with Crippen LogP contribution in [-0.4, -0.2) is 25.9 Å². The Labute approximate surface area is 97.7 Å². The highest BCUT2D eigenvalue weighted by molar-refractivity contribution is 7.86. The first-order valence-corrected chi connectivity index (χ1v) is 7.03. The summed E-state index contributed by atoms with van der Waals surface area (Å²) in [6, 6.07) is 1.57. The lowest BCUT2D eigenvalue weighted by Crippen LogP contribution is -2.13. The topological polar surface area (TPSA) is 161 Å². The minimum Gasteiger partial charge on any atom is -0.397 e. The Morgan fingerprint density at radius 3 is 1.76 bits per heavy atom. The van der Waals surface area contributed by atoms with Crippen LogP contribution >= 0.6 is 0 Å². The number of hydrogen-bond acceptors (Lipinski definition) is 6. The second-order valence-corrected chi connectivity index (χ2v) is 5.89. The van der Waals surface area contributed by atoms with E-state index in [1.54, 1.807) is 0 Å². The number of hydrogen-bond donors (Lipinski definition) is 4. The Balaban J connectivity index is 3.72. The monoisotopic (exact) mass is 282 g/mol. The van der Waals surface area contributed by atoms with E-state index in [1.165, 1.54) is 0 Å². The highest BCUT2D eigenvalue weighted by Crippen LogP contribution is 2.28. The second-order valence-electron chi connectivity index (χ2n) is 3.11. The molecule has 0 atom stereocenters. The molecule has 6 N–H and O–H groups in total. The predicted molar refractivity (Wildman–Crippen MR) is 58.4 cm³/mol. The predicted octanol–water partition coefficient (Wildman–Crippen LogP) is -0.779. The van der Waals surface area contributed by atoms with Crippen LogP contribution in [0.3, 0.4) is 0 Å². The quantitative estimate of drug-likeness (QED) is 0.414. The molecule has 0 aliphatic heterocycles. The van der Waals surface area contributed by atoms with Gasteiger partial charge in [0.15, 0.2) is 0 Å². The third-order valence-electron chi connectivity index (χ3n) is 2.03. The summed E-state index contributed by atoms with van der Waals surface area (Å²) < 4.78 is 61.4. The number of anilines is 1. The molecule has 0 spiro atoms. The molecule has 96 valence electrons. The fourth-order valence-electron chi connectivity index (χ4n) is 1.30. The SMILES string of the molecule is NCc1c(S(=O)(=O)O)ccc(S(=O)(=O)O)c1N. The normalized spacial score (nSPS) is 12.6. The van der Waals surface area contributed by atoms with Crippen LogP contribution in [0, 0.1) is 0 Å². The van der Waals surface area contributed by atoms with E-state index < -0.39 is 42.3 Å². The average molecular weight is 282 g/mol. The van der Waals surface area contributed by atoms with Crippen molar-refractivity contribution in [3.8, 4) is 0 Å². The zero-order valence-electron chi connectivity index (χ0n) is 8.36. The van der Waals surface area contributed by atoms with Crippen LogP contribution in [0.2, 0.25) is 0 Å². The summed E-state index contributed by atoms with van der Waals surface area (Å²) in [5.41, 5.74) is 9.83. The molecule has 1 rings (SSSR count). The van der Waals surface area contributed by atoms with E-state index in [-0.39, 0.29) is 5.56 Å². The molecule has 0 heterocycles. The van der Waals surface area contributed by atoms with Gasteiger partial charge in [-0.3, -0.25) is 9.11 Å². The number of nitrogens with two attached hydrogens (primary N) is 2. The molecule has 0 radical (unpaired) electrons. The van der Waals surface area contributed by atoms with Crippen LogP contribution in [0.1, 0.15) is 5.56 Å². The average Bonchev–Trinajstić information content (AvgIpc) is 2.13. The Morgan fingerprint density at radius 2 is 1.41 bits per heavy atom. The maximum absolute atomic E-state index is 11.0. The molecule has 1 aromatic rings. The molecule has 8 nitrogen and oxygen atoms in total. The van der Waals surface area contributed by atoms with Crippen molar-refractivity contribution in [1.29, 1.82) is 0 Å². The highest BCUT2D eigenvalue weighted by Gasteiger charge is 2.23. The molecule has 0 unspecified atom stereocenters. The smallest absolute Gasteiger partial charge is 0.296 e. The Bertz CT molecular complexity index is 649. The third-order valence-corrected chi connectivity index (χ3v) is 3.88. The van der Waals surface area contributed by atoms with Gasteiger partial charge >= 0.3 is 0 Å². The van der Waals surface area contributed by atoms with Crippen molar-refractivity contribution in [2.45, 2.75) is 16.3 Å². The molecule has 10 heteroatoms. The first-order chi connectivity index (χ1) is 7.59. The van der Waals surface area contributed by atoms with Crippen molar-refractivity contribution < 1.29 is 25.9 Å². The minimum absolute atomic E-state index is 0.275. The zero-order chi connectivity index (χ0) is 13.4. The van der Waals surface area contributed by atoms with Gasteiger partial charge in [0, 0.05) is 12.1 Å².